The van der Waals surface area contributed by atoms with Crippen LogP contribution in [0.15, 0.2) is 24.3 Å². The first-order chi connectivity index (χ1) is 10.1. The molecule has 1 saturated heterocycles. The van der Waals surface area contributed by atoms with Gasteiger partial charge in [-0.3, -0.25) is 4.90 Å². The average Bonchev–Trinajstić information content (AvgIpc) is 2.54. The minimum atomic E-state index is 0.219. The number of hydrogen-bond donors (Lipinski definition) is 1. The predicted molar refractivity (Wildman–Crippen MR) is 89.4 cm³/mol. The monoisotopic (exact) mass is 286 g/mol. The molecule has 0 saturated carbocycles. The highest BCUT2D eigenvalue weighted by Crippen LogP contribution is 2.36. The standard InChI is InChI=1S/C19H30N2/c1-15(2)16-8-11-21(12-9-16)19(14-20)10-7-17-5-3-4-6-18(17)13-19/h3-6,15-16H,7-14,20H2,1-2H3. The molecule has 3 rings (SSSR count). The van der Waals surface area contributed by atoms with Crippen LogP contribution in [0, 0.1) is 11.8 Å². The molecule has 1 fully saturated rings. The van der Waals surface area contributed by atoms with Gasteiger partial charge in [-0.15, -0.1) is 0 Å². The molecule has 0 radical (unpaired) electrons. The Kier molecular flexibility index (Phi) is 4.37. The Bertz CT molecular complexity index is 474. The van der Waals surface area contributed by atoms with Gasteiger partial charge in [0.15, 0.2) is 0 Å². The van der Waals surface area contributed by atoms with Gasteiger partial charge in [0.05, 0.1) is 0 Å². The topological polar surface area (TPSA) is 29.3 Å². The van der Waals surface area contributed by atoms with Crippen molar-refractivity contribution < 1.29 is 0 Å². The Labute approximate surface area is 129 Å². The first kappa shape index (κ1) is 15.1. The number of nitrogens with two attached hydrogens (primary N) is 1. The zero-order valence-corrected chi connectivity index (χ0v) is 13.6. The van der Waals surface area contributed by atoms with E-state index in [0.717, 1.165) is 24.8 Å². The molecular weight excluding hydrogens is 256 g/mol. The van der Waals surface area contributed by atoms with Crippen LogP contribution in [-0.2, 0) is 12.8 Å². The normalized spacial score (nSPS) is 27.8. The van der Waals surface area contributed by atoms with Crippen LogP contribution in [0.3, 0.4) is 0 Å². The highest BCUT2D eigenvalue weighted by Gasteiger charge is 2.40. The van der Waals surface area contributed by atoms with Gasteiger partial charge in [0.1, 0.15) is 0 Å². The molecule has 2 aliphatic rings. The number of hydrogen-bond acceptors (Lipinski definition) is 2. The molecule has 1 atom stereocenters. The Morgan fingerprint density at radius 2 is 1.86 bits per heavy atom. The summed E-state index contributed by atoms with van der Waals surface area (Å²) in [4.78, 5) is 2.72. The van der Waals surface area contributed by atoms with Gasteiger partial charge in [0.2, 0.25) is 0 Å². The zero-order valence-electron chi connectivity index (χ0n) is 13.6. The van der Waals surface area contributed by atoms with Crippen molar-refractivity contribution in [3.8, 4) is 0 Å². The van der Waals surface area contributed by atoms with E-state index >= 15 is 0 Å². The molecule has 0 amide bonds. The lowest BCUT2D eigenvalue weighted by atomic mass is 9.75. The molecule has 0 bridgehead atoms. The van der Waals surface area contributed by atoms with Crippen LogP contribution in [0.5, 0.6) is 0 Å². The summed E-state index contributed by atoms with van der Waals surface area (Å²) >= 11 is 0. The lowest BCUT2D eigenvalue weighted by Gasteiger charge is -2.49. The van der Waals surface area contributed by atoms with E-state index in [-0.39, 0.29) is 5.54 Å². The second kappa shape index (κ2) is 6.10. The summed E-state index contributed by atoms with van der Waals surface area (Å²) in [5.41, 5.74) is 9.57. The predicted octanol–water partition coefficient (Wildman–Crippen LogP) is 3.24. The van der Waals surface area contributed by atoms with Gasteiger partial charge in [-0.05, 0) is 68.2 Å². The van der Waals surface area contributed by atoms with Crippen LogP contribution in [0.4, 0.5) is 0 Å². The van der Waals surface area contributed by atoms with Crippen molar-refractivity contribution >= 4 is 0 Å². The fourth-order valence-electron chi connectivity index (χ4n) is 4.40. The fraction of sp³-hybridized carbons (Fsp3) is 0.684. The molecule has 2 nitrogen and oxygen atoms in total. The summed E-state index contributed by atoms with van der Waals surface area (Å²) < 4.78 is 0. The molecule has 1 aromatic carbocycles. The van der Waals surface area contributed by atoms with Gasteiger partial charge in [-0.2, -0.15) is 0 Å². The number of rotatable bonds is 3. The van der Waals surface area contributed by atoms with Crippen LogP contribution >= 0.6 is 0 Å². The van der Waals surface area contributed by atoms with Gasteiger partial charge in [0.25, 0.3) is 0 Å². The zero-order chi connectivity index (χ0) is 14.9. The Hall–Kier alpha value is -0.860. The molecular formula is C19H30N2. The first-order valence-electron chi connectivity index (χ1n) is 8.66. The molecule has 2 heteroatoms. The maximum Gasteiger partial charge on any atom is 0.0375 e. The summed E-state index contributed by atoms with van der Waals surface area (Å²) in [7, 11) is 0. The Balaban J connectivity index is 1.74. The van der Waals surface area contributed by atoms with Crippen LogP contribution in [0.1, 0.15) is 44.2 Å². The van der Waals surface area contributed by atoms with Gasteiger partial charge in [-0.1, -0.05) is 38.1 Å². The van der Waals surface area contributed by atoms with Crippen LogP contribution < -0.4 is 5.73 Å². The van der Waals surface area contributed by atoms with Crippen molar-refractivity contribution in [1.29, 1.82) is 0 Å². The Morgan fingerprint density at radius 3 is 2.48 bits per heavy atom. The van der Waals surface area contributed by atoms with E-state index in [1.165, 1.54) is 44.3 Å². The largest absolute Gasteiger partial charge is 0.329 e. The molecule has 21 heavy (non-hydrogen) atoms. The third-order valence-electron chi connectivity index (χ3n) is 6.03. The minimum absolute atomic E-state index is 0.219. The summed E-state index contributed by atoms with van der Waals surface area (Å²) in [5, 5.41) is 0. The van der Waals surface area contributed by atoms with E-state index in [2.05, 4.69) is 43.0 Å². The molecule has 1 aliphatic carbocycles. The van der Waals surface area contributed by atoms with Crippen molar-refractivity contribution in [2.45, 2.75) is 51.5 Å². The van der Waals surface area contributed by atoms with E-state index in [1.807, 2.05) is 0 Å². The van der Waals surface area contributed by atoms with Crippen LogP contribution in [-0.4, -0.2) is 30.1 Å². The number of aryl methyl sites for hydroxylation is 1. The fourth-order valence-corrected chi connectivity index (χ4v) is 4.40. The second-order valence-corrected chi connectivity index (χ2v) is 7.44. The molecule has 1 heterocycles. The highest BCUT2D eigenvalue weighted by atomic mass is 15.2. The number of benzene rings is 1. The molecule has 1 unspecified atom stereocenters. The second-order valence-electron chi connectivity index (χ2n) is 7.44. The molecule has 1 aromatic rings. The molecule has 0 aromatic heterocycles. The number of nitrogens with zero attached hydrogens (tertiary/aromatic N) is 1. The van der Waals surface area contributed by atoms with Crippen molar-refractivity contribution in [1.82, 2.24) is 4.90 Å². The molecule has 1 aliphatic heterocycles. The smallest absolute Gasteiger partial charge is 0.0375 e. The van der Waals surface area contributed by atoms with Gasteiger partial charge in [-0.25, -0.2) is 0 Å². The van der Waals surface area contributed by atoms with E-state index in [9.17, 15) is 0 Å². The van der Waals surface area contributed by atoms with E-state index < -0.39 is 0 Å². The highest BCUT2D eigenvalue weighted by molar-refractivity contribution is 5.32. The van der Waals surface area contributed by atoms with E-state index in [4.69, 9.17) is 5.73 Å². The van der Waals surface area contributed by atoms with E-state index in [0.29, 0.717) is 0 Å². The van der Waals surface area contributed by atoms with Crippen LogP contribution in [0.2, 0.25) is 0 Å². The van der Waals surface area contributed by atoms with Gasteiger partial charge < -0.3 is 5.73 Å². The average molecular weight is 286 g/mol. The SMILES string of the molecule is CC(C)C1CCN(C2(CN)CCc3ccccc3C2)CC1. The third kappa shape index (κ3) is 2.89. The summed E-state index contributed by atoms with van der Waals surface area (Å²) in [6.45, 7) is 8.02. The molecule has 116 valence electrons. The van der Waals surface area contributed by atoms with Gasteiger partial charge in [0, 0.05) is 12.1 Å². The maximum atomic E-state index is 6.28. The van der Waals surface area contributed by atoms with Gasteiger partial charge >= 0.3 is 0 Å². The van der Waals surface area contributed by atoms with Crippen molar-refractivity contribution in [3.05, 3.63) is 35.4 Å². The lowest BCUT2D eigenvalue weighted by Crippen LogP contribution is -2.59. The number of piperidine rings is 1. The maximum absolute atomic E-state index is 6.28. The summed E-state index contributed by atoms with van der Waals surface area (Å²) in [6.07, 6.45) is 6.26. The quantitative estimate of drug-likeness (QED) is 0.924. The molecule has 0 spiro atoms. The minimum Gasteiger partial charge on any atom is -0.329 e. The Morgan fingerprint density at radius 1 is 1.19 bits per heavy atom. The first-order valence-corrected chi connectivity index (χ1v) is 8.66. The number of fused-ring (bicyclic) bond motifs is 1. The van der Waals surface area contributed by atoms with Crippen molar-refractivity contribution in [3.63, 3.8) is 0 Å². The number of likely N-dealkylation sites (tertiary alicyclic amines) is 1. The summed E-state index contributed by atoms with van der Waals surface area (Å²) in [6, 6.07) is 8.94. The van der Waals surface area contributed by atoms with E-state index in [1.54, 1.807) is 5.56 Å². The lowest BCUT2D eigenvalue weighted by molar-refractivity contribution is 0.0358. The molecule has 2 N–H and O–H groups in total. The third-order valence-corrected chi connectivity index (χ3v) is 6.03. The van der Waals surface area contributed by atoms with Crippen molar-refractivity contribution in [2.24, 2.45) is 17.6 Å². The van der Waals surface area contributed by atoms with Crippen molar-refractivity contribution in [2.75, 3.05) is 19.6 Å². The summed E-state index contributed by atoms with van der Waals surface area (Å²) in [5.74, 6) is 1.74. The van der Waals surface area contributed by atoms with Crippen LogP contribution in [0.25, 0.3) is 0 Å².